The molecule has 0 spiro atoms. The molecule has 0 aliphatic carbocycles. The van der Waals surface area contributed by atoms with Crippen LogP contribution in [0, 0.1) is 0 Å². The maximum absolute atomic E-state index is 4.57. The average molecular weight is 343 g/mol. The zero-order valence-electron chi connectivity index (χ0n) is 11.6. The Morgan fingerprint density at radius 3 is 2.57 bits per heavy atom. The molecule has 0 fully saturated rings. The highest BCUT2D eigenvalue weighted by Gasteiger charge is 2.08. The van der Waals surface area contributed by atoms with Crippen molar-refractivity contribution in [1.29, 1.82) is 0 Å². The maximum Gasteiger partial charge on any atom is 0.225 e. The first-order chi connectivity index (χ1) is 10.3. The van der Waals surface area contributed by atoms with Crippen molar-refractivity contribution in [1.82, 2.24) is 9.97 Å². The number of benzene rings is 2. The summed E-state index contributed by atoms with van der Waals surface area (Å²) in [6.07, 6.45) is 0. The van der Waals surface area contributed by atoms with Gasteiger partial charge in [0.05, 0.1) is 11.2 Å². The predicted molar refractivity (Wildman–Crippen MR) is 91.1 cm³/mol. The summed E-state index contributed by atoms with van der Waals surface area (Å²) in [6, 6.07) is 16.0. The monoisotopic (exact) mass is 342 g/mol. The van der Waals surface area contributed by atoms with E-state index in [1.54, 1.807) is 0 Å². The third kappa shape index (κ3) is 2.97. The summed E-state index contributed by atoms with van der Waals surface area (Å²) in [5.41, 5.74) is 1.89. The van der Waals surface area contributed by atoms with E-state index in [-0.39, 0.29) is 0 Å². The highest BCUT2D eigenvalue weighted by Crippen LogP contribution is 2.29. The van der Waals surface area contributed by atoms with Crippen LogP contribution < -0.4 is 10.6 Å². The molecule has 21 heavy (non-hydrogen) atoms. The Balaban J connectivity index is 2.09. The second-order valence-corrected chi connectivity index (χ2v) is 5.40. The number of anilines is 3. The van der Waals surface area contributed by atoms with Crippen LogP contribution in [0.3, 0.4) is 0 Å². The van der Waals surface area contributed by atoms with Gasteiger partial charge in [0.1, 0.15) is 5.82 Å². The second kappa shape index (κ2) is 6.10. The molecule has 0 saturated heterocycles. The van der Waals surface area contributed by atoms with Crippen molar-refractivity contribution in [3.63, 3.8) is 0 Å². The lowest BCUT2D eigenvalue weighted by atomic mass is 10.2. The number of hydrogen-bond donors (Lipinski definition) is 2. The molecule has 2 N–H and O–H groups in total. The number of nitrogens with zero attached hydrogens (tertiary/aromatic N) is 2. The molecule has 2 aromatic carbocycles. The summed E-state index contributed by atoms with van der Waals surface area (Å²) in [5, 5.41) is 7.54. The van der Waals surface area contributed by atoms with E-state index >= 15 is 0 Å². The van der Waals surface area contributed by atoms with Crippen molar-refractivity contribution >= 4 is 44.3 Å². The van der Waals surface area contributed by atoms with Gasteiger partial charge in [-0.2, -0.15) is 4.98 Å². The van der Waals surface area contributed by atoms with E-state index in [0.717, 1.165) is 33.4 Å². The van der Waals surface area contributed by atoms with Gasteiger partial charge in [-0.3, -0.25) is 0 Å². The zero-order chi connectivity index (χ0) is 14.7. The highest BCUT2D eigenvalue weighted by molar-refractivity contribution is 9.10. The Kier molecular flexibility index (Phi) is 4.01. The molecule has 0 saturated carbocycles. The molecule has 0 atom stereocenters. The van der Waals surface area contributed by atoms with Crippen LogP contribution in [0.15, 0.2) is 53.0 Å². The van der Waals surface area contributed by atoms with Gasteiger partial charge in [-0.05, 0) is 47.1 Å². The smallest absolute Gasteiger partial charge is 0.225 e. The summed E-state index contributed by atoms with van der Waals surface area (Å²) in [7, 11) is 0. The van der Waals surface area contributed by atoms with Gasteiger partial charge in [0.2, 0.25) is 5.95 Å². The third-order valence-electron chi connectivity index (χ3n) is 3.07. The van der Waals surface area contributed by atoms with Gasteiger partial charge in [-0.1, -0.05) is 24.3 Å². The van der Waals surface area contributed by atoms with Crippen molar-refractivity contribution < 1.29 is 0 Å². The minimum absolute atomic E-state index is 0.630. The third-order valence-corrected chi connectivity index (χ3v) is 3.76. The molecule has 0 radical (unpaired) electrons. The van der Waals surface area contributed by atoms with Crippen molar-refractivity contribution in [2.24, 2.45) is 0 Å². The second-order valence-electron chi connectivity index (χ2n) is 4.55. The first kappa shape index (κ1) is 13.8. The molecule has 106 valence electrons. The Morgan fingerprint density at radius 2 is 1.76 bits per heavy atom. The van der Waals surface area contributed by atoms with Gasteiger partial charge in [-0.15, -0.1) is 0 Å². The van der Waals surface area contributed by atoms with Gasteiger partial charge < -0.3 is 10.6 Å². The Hall–Kier alpha value is -2.14. The van der Waals surface area contributed by atoms with Gasteiger partial charge in [0.25, 0.3) is 0 Å². The number of para-hydroxylation sites is 2. The molecule has 0 unspecified atom stereocenters. The predicted octanol–water partition coefficient (Wildman–Crippen LogP) is 4.57. The number of rotatable bonds is 4. The molecule has 4 nitrogen and oxygen atoms in total. The van der Waals surface area contributed by atoms with Crippen molar-refractivity contribution in [3.8, 4) is 0 Å². The molecule has 0 bridgehead atoms. The topological polar surface area (TPSA) is 49.8 Å². The Morgan fingerprint density at radius 1 is 1.00 bits per heavy atom. The fraction of sp³-hybridized carbons (Fsp3) is 0.125. The zero-order valence-corrected chi connectivity index (χ0v) is 13.2. The summed E-state index contributed by atoms with van der Waals surface area (Å²) < 4.78 is 0.998. The van der Waals surface area contributed by atoms with E-state index in [1.807, 2.05) is 55.5 Å². The van der Waals surface area contributed by atoms with Crippen LogP contribution in [0.25, 0.3) is 10.9 Å². The molecule has 0 amide bonds. The van der Waals surface area contributed by atoms with Crippen molar-refractivity contribution in [2.75, 3.05) is 17.2 Å². The molecule has 5 heteroatoms. The van der Waals surface area contributed by atoms with Gasteiger partial charge in [-0.25, -0.2) is 4.98 Å². The normalized spacial score (nSPS) is 10.6. The van der Waals surface area contributed by atoms with E-state index in [0.29, 0.717) is 5.95 Å². The van der Waals surface area contributed by atoms with Crippen LogP contribution in [0.2, 0.25) is 0 Å². The fourth-order valence-electron chi connectivity index (χ4n) is 2.10. The molecule has 0 aliphatic heterocycles. The van der Waals surface area contributed by atoms with Crippen LogP contribution >= 0.6 is 15.9 Å². The number of nitrogens with one attached hydrogen (secondary N) is 2. The lowest BCUT2D eigenvalue weighted by molar-refractivity contribution is 1.11. The Bertz CT molecular complexity index is 773. The largest absolute Gasteiger partial charge is 0.354 e. The van der Waals surface area contributed by atoms with E-state index in [4.69, 9.17) is 0 Å². The van der Waals surface area contributed by atoms with Crippen molar-refractivity contribution in [3.05, 3.63) is 53.0 Å². The van der Waals surface area contributed by atoms with E-state index < -0.39 is 0 Å². The molecule has 1 heterocycles. The summed E-state index contributed by atoms with van der Waals surface area (Å²) in [4.78, 5) is 9.09. The summed E-state index contributed by atoms with van der Waals surface area (Å²) in [5.74, 6) is 1.43. The van der Waals surface area contributed by atoms with Crippen LogP contribution in [-0.2, 0) is 0 Å². The van der Waals surface area contributed by atoms with E-state index in [9.17, 15) is 0 Å². The van der Waals surface area contributed by atoms with Crippen LogP contribution in [0.5, 0.6) is 0 Å². The number of fused-ring (bicyclic) bond motifs is 1. The summed E-state index contributed by atoms with van der Waals surface area (Å²) in [6.45, 7) is 2.81. The quantitative estimate of drug-likeness (QED) is 0.729. The SMILES string of the molecule is CCNc1nc(Nc2ccccc2Br)c2ccccc2n1. The van der Waals surface area contributed by atoms with Crippen LogP contribution in [-0.4, -0.2) is 16.5 Å². The lowest BCUT2D eigenvalue weighted by Crippen LogP contribution is -2.05. The van der Waals surface area contributed by atoms with Gasteiger partial charge >= 0.3 is 0 Å². The first-order valence-corrected chi connectivity index (χ1v) is 7.59. The van der Waals surface area contributed by atoms with Crippen LogP contribution in [0.1, 0.15) is 6.92 Å². The fourth-order valence-corrected chi connectivity index (χ4v) is 2.48. The van der Waals surface area contributed by atoms with E-state index in [2.05, 4.69) is 36.5 Å². The number of halogens is 1. The minimum Gasteiger partial charge on any atom is -0.354 e. The molecule has 3 rings (SSSR count). The lowest BCUT2D eigenvalue weighted by Gasteiger charge is -2.12. The van der Waals surface area contributed by atoms with Gasteiger partial charge in [0.15, 0.2) is 0 Å². The molecule has 0 aliphatic rings. The standard InChI is InChI=1S/C16H15BrN4/c1-2-18-16-20-13-9-5-3-7-11(13)15(21-16)19-14-10-6-4-8-12(14)17/h3-10H,2H2,1H3,(H2,18,19,20,21). The molecular weight excluding hydrogens is 328 g/mol. The number of aromatic nitrogens is 2. The number of hydrogen-bond acceptors (Lipinski definition) is 4. The summed E-state index contributed by atoms with van der Waals surface area (Å²) >= 11 is 3.55. The highest BCUT2D eigenvalue weighted by atomic mass is 79.9. The van der Waals surface area contributed by atoms with Gasteiger partial charge in [0, 0.05) is 16.4 Å². The Labute approximate surface area is 131 Å². The average Bonchev–Trinajstić information content (AvgIpc) is 2.50. The molecule has 3 aromatic rings. The first-order valence-electron chi connectivity index (χ1n) is 6.80. The molecule has 1 aromatic heterocycles. The minimum atomic E-state index is 0.630. The maximum atomic E-state index is 4.57. The van der Waals surface area contributed by atoms with Crippen LogP contribution in [0.4, 0.5) is 17.5 Å². The molecular formula is C16H15BrN4. The van der Waals surface area contributed by atoms with E-state index in [1.165, 1.54) is 0 Å². The van der Waals surface area contributed by atoms with Crippen molar-refractivity contribution in [2.45, 2.75) is 6.92 Å².